The number of carboxylic acids is 2. The maximum atomic E-state index is 13.3. The van der Waals surface area contributed by atoms with Crippen LogP contribution in [0.1, 0.15) is 129 Å². The van der Waals surface area contributed by atoms with Gasteiger partial charge >= 0.3 is 17.9 Å². The van der Waals surface area contributed by atoms with Crippen molar-refractivity contribution in [3.63, 3.8) is 0 Å². The lowest BCUT2D eigenvalue weighted by atomic mass is 9.70. The predicted octanol–water partition coefficient (Wildman–Crippen LogP) is 7.39. The monoisotopic (exact) mass is 578 g/mol. The quantitative estimate of drug-likeness (QED) is 0.106. The van der Waals surface area contributed by atoms with Crippen molar-refractivity contribution in [3.05, 3.63) is 0 Å². The summed E-state index contributed by atoms with van der Waals surface area (Å²) >= 11 is 0. The molecule has 0 aromatic rings. The van der Waals surface area contributed by atoms with Crippen LogP contribution in [-0.4, -0.2) is 40.5 Å². The summed E-state index contributed by atoms with van der Waals surface area (Å²) in [5.41, 5.74) is 0. The molecule has 0 aromatic heterocycles. The molecule has 0 bridgehead atoms. The Labute approximate surface area is 246 Å². The van der Waals surface area contributed by atoms with Crippen molar-refractivity contribution in [2.75, 3.05) is 6.61 Å². The van der Waals surface area contributed by atoms with Crippen LogP contribution in [0.15, 0.2) is 0 Å². The van der Waals surface area contributed by atoms with Crippen molar-refractivity contribution >= 4 is 17.9 Å². The average molecular weight is 579 g/mol. The summed E-state index contributed by atoms with van der Waals surface area (Å²) in [6, 6.07) is 0. The predicted molar refractivity (Wildman–Crippen MR) is 154 cm³/mol. The van der Waals surface area contributed by atoms with Crippen LogP contribution in [0.2, 0.25) is 0 Å². The number of hydrogen-bond donors (Lipinski definition) is 2. The molecule has 8 heteroatoms. The van der Waals surface area contributed by atoms with Crippen molar-refractivity contribution in [1.29, 1.82) is 0 Å². The van der Waals surface area contributed by atoms with Gasteiger partial charge in [0, 0.05) is 13.8 Å². The molecule has 4 aliphatic carbocycles. The van der Waals surface area contributed by atoms with Gasteiger partial charge in [0.1, 0.15) is 0 Å². The van der Waals surface area contributed by atoms with Gasteiger partial charge in [-0.1, -0.05) is 64.2 Å². The molecule has 0 aliphatic heterocycles. The van der Waals surface area contributed by atoms with E-state index in [2.05, 4.69) is 0 Å². The van der Waals surface area contributed by atoms with Gasteiger partial charge in [0.05, 0.1) is 24.4 Å². The lowest BCUT2D eigenvalue weighted by molar-refractivity contribution is -0.413. The van der Waals surface area contributed by atoms with Crippen LogP contribution in [0.3, 0.4) is 0 Å². The van der Waals surface area contributed by atoms with Crippen molar-refractivity contribution in [1.82, 2.24) is 0 Å². The van der Waals surface area contributed by atoms with E-state index in [9.17, 15) is 24.6 Å². The Hall–Kier alpha value is -1.67. The Kier molecular flexibility index (Phi) is 11.9. The summed E-state index contributed by atoms with van der Waals surface area (Å²) < 4.78 is 5.72. The summed E-state index contributed by atoms with van der Waals surface area (Å²) in [7, 11) is 0. The number of ether oxygens (including phenoxy) is 1. The van der Waals surface area contributed by atoms with Gasteiger partial charge in [-0.25, -0.2) is 4.89 Å². The average Bonchev–Trinajstić information content (AvgIpc) is 2.93. The highest BCUT2D eigenvalue weighted by Crippen LogP contribution is 2.42. The standard InChI is InChI=1S/C33H54O8/c1-33(2,40-32(38)29-20-25(14-16-28(29)31(36)37)18-23-11-7-4-8-12-23)41-39-21-26-19-24(13-15-27(26)30(34)35)17-22-9-5-3-6-10-22/h22-29H,3-21H2,1-2H3,(H,34,35)(H,36,37). The maximum Gasteiger partial charge on any atom is 0.312 e. The fraction of sp³-hybridized carbons (Fsp3) is 0.909. The SMILES string of the molecule is CC(C)(OOCC1CC(CC2CCCCC2)CCC1C(=O)O)OC(=O)C1CC(CC2CCCCC2)CCC1C(=O)O. The zero-order valence-electron chi connectivity index (χ0n) is 25.4. The van der Waals surface area contributed by atoms with Crippen LogP contribution in [-0.2, 0) is 28.9 Å². The molecule has 0 heterocycles. The number of rotatable bonds is 12. The third-order valence-corrected chi connectivity index (χ3v) is 10.7. The van der Waals surface area contributed by atoms with E-state index in [1.54, 1.807) is 13.8 Å². The van der Waals surface area contributed by atoms with Crippen molar-refractivity contribution in [2.45, 2.75) is 135 Å². The van der Waals surface area contributed by atoms with E-state index >= 15 is 0 Å². The van der Waals surface area contributed by atoms with Gasteiger partial charge in [-0.15, -0.1) is 0 Å². The van der Waals surface area contributed by atoms with Crippen LogP contribution in [0, 0.1) is 47.3 Å². The summed E-state index contributed by atoms with van der Waals surface area (Å²) in [5, 5.41) is 19.7. The maximum absolute atomic E-state index is 13.3. The summed E-state index contributed by atoms with van der Waals surface area (Å²) in [6.45, 7) is 3.30. The van der Waals surface area contributed by atoms with Gasteiger partial charge in [-0.05, 0) is 81.0 Å². The van der Waals surface area contributed by atoms with Gasteiger partial charge in [-0.3, -0.25) is 14.4 Å². The first-order valence-corrected chi connectivity index (χ1v) is 16.6. The zero-order valence-corrected chi connectivity index (χ0v) is 25.4. The normalized spacial score (nSPS) is 32.3. The Bertz CT molecular complexity index is 859. The highest BCUT2D eigenvalue weighted by molar-refractivity contribution is 5.81. The third kappa shape index (κ3) is 9.67. The molecule has 6 unspecified atom stereocenters. The second-order valence-electron chi connectivity index (χ2n) is 14.3. The number of carbonyl (C=O) groups excluding carboxylic acids is 1. The van der Waals surface area contributed by atoms with Crippen molar-refractivity contribution in [2.24, 2.45) is 47.3 Å². The van der Waals surface area contributed by atoms with E-state index in [0.717, 1.165) is 31.6 Å². The minimum atomic E-state index is -1.41. The van der Waals surface area contributed by atoms with Crippen LogP contribution in [0.25, 0.3) is 0 Å². The molecule has 0 saturated heterocycles. The van der Waals surface area contributed by atoms with Crippen molar-refractivity contribution in [3.8, 4) is 0 Å². The van der Waals surface area contributed by atoms with E-state index in [4.69, 9.17) is 14.5 Å². The van der Waals surface area contributed by atoms with Gasteiger partial charge in [0.2, 0.25) is 5.79 Å². The Balaban J connectivity index is 1.28. The molecule has 0 radical (unpaired) electrons. The minimum Gasteiger partial charge on any atom is -0.481 e. The number of hydrogen-bond acceptors (Lipinski definition) is 6. The first-order valence-electron chi connectivity index (χ1n) is 16.6. The fourth-order valence-electron chi connectivity index (χ4n) is 8.50. The van der Waals surface area contributed by atoms with Crippen molar-refractivity contribution < 1.29 is 39.1 Å². The van der Waals surface area contributed by atoms with E-state index in [0.29, 0.717) is 37.0 Å². The lowest BCUT2D eigenvalue weighted by Gasteiger charge is -2.37. The first-order chi connectivity index (χ1) is 19.6. The Morgan fingerprint density at radius 3 is 1.68 bits per heavy atom. The molecule has 2 N–H and O–H groups in total. The topological polar surface area (TPSA) is 119 Å². The molecule has 4 aliphatic rings. The second-order valence-corrected chi connectivity index (χ2v) is 14.3. The van der Waals surface area contributed by atoms with E-state index in [1.165, 1.54) is 70.6 Å². The molecule has 6 atom stereocenters. The van der Waals surface area contributed by atoms with Crippen LogP contribution < -0.4 is 0 Å². The largest absolute Gasteiger partial charge is 0.481 e. The summed E-state index contributed by atoms with van der Waals surface area (Å²) in [5.74, 6) is -3.49. The molecular formula is C33H54O8. The molecular weight excluding hydrogens is 524 g/mol. The number of aliphatic carboxylic acids is 2. The number of esters is 1. The van der Waals surface area contributed by atoms with Crippen LogP contribution >= 0.6 is 0 Å². The summed E-state index contributed by atoms with van der Waals surface area (Å²) in [4.78, 5) is 48.4. The molecule has 4 saturated carbocycles. The molecule has 4 fully saturated rings. The zero-order chi connectivity index (χ0) is 29.4. The fourth-order valence-corrected chi connectivity index (χ4v) is 8.50. The minimum absolute atomic E-state index is 0.129. The lowest BCUT2D eigenvalue weighted by Crippen LogP contribution is -2.42. The Morgan fingerprint density at radius 1 is 0.634 bits per heavy atom. The second kappa shape index (κ2) is 15.2. The van der Waals surface area contributed by atoms with Crippen LogP contribution in [0.5, 0.6) is 0 Å². The van der Waals surface area contributed by atoms with Gasteiger partial charge in [-0.2, -0.15) is 4.89 Å². The van der Waals surface area contributed by atoms with E-state index in [-0.39, 0.29) is 12.5 Å². The van der Waals surface area contributed by atoms with E-state index in [1.807, 2.05) is 0 Å². The molecule has 0 aromatic carbocycles. The molecule has 0 spiro atoms. The Morgan fingerprint density at radius 2 is 1.15 bits per heavy atom. The summed E-state index contributed by atoms with van der Waals surface area (Å²) in [6.07, 6.45) is 19.3. The van der Waals surface area contributed by atoms with Gasteiger partial charge in [0.15, 0.2) is 0 Å². The molecule has 4 rings (SSSR count). The first kappa shape index (κ1) is 32.2. The third-order valence-electron chi connectivity index (χ3n) is 10.7. The smallest absolute Gasteiger partial charge is 0.312 e. The number of carbonyl (C=O) groups is 3. The van der Waals surface area contributed by atoms with Gasteiger partial charge < -0.3 is 14.9 Å². The molecule has 0 amide bonds. The molecule has 8 nitrogen and oxygen atoms in total. The highest BCUT2D eigenvalue weighted by Gasteiger charge is 2.43. The highest BCUT2D eigenvalue weighted by atomic mass is 17.2. The van der Waals surface area contributed by atoms with Gasteiger partial charge in [0.25, 0.3) is 0 Å². The van der Waals surface area contributed by atoms with Crippen LogP contribution in [0.4, 0.5) is 0 Å². The molecule has 41 heavy (non-hydrogen) atoms. The van der Waals surface area contributed by atoms with E-state index < -0.39 is 41.4 Å². The molecule has 234 valence electrons. The number of carboxylic acid groups (broad SMARTS) is 2.